The smallest absolute Gasteiger partial charge is 0.241 e. The van der Waals surface area contributed by atoms with E-state index in [4.69, 9.17) is 4.52 Å². The predicted molar refractivity (Wildman–Crippen MR) is 142 cm³/mol. The van der Waals surface area contributed by atoms with Crippen LogP contribution < -0.4 is 10.2 Å². The minimum atomic E-state index is 0.00388. The summed E-state index contributed by atoms with van der Waals surface area (Å²) in [5.41, 5.74) is 4.57. The van der Waals surface area contributed by atoms with Crippen molar-refractivity contribution in [3.8, 4) is 11.4 Å². The molecule has 2 aliphatic heterocycles. The second-order valence-electron chi connectivity index (χ2n) is 10.2. The molecule has 190 valence electrons. The van der Waals surface area contributed by atoms with Crippen LogP contribution >= 0.6 is 0 Å². The first-order chi connectivity index (χ1) is 17.6. The third-order valence-electron chi connectivity index (χ3n) is 7.64. The van der Waals surface area contributed by atoms with Crippen LogP contribution in [0.25, 0.3) is 11.4 Å². The Labute approximate surface area is 213 Å². The highest BCUT2D eigenvalue weighted by Gasteiger charge is 2.27. The molecule has 2 aliphatic rings. The molecule has 2 aromatic carbocycles. The second kappa shape index (κ2) is 11.2. The van der Waals surface area contributed by atoms with E-state index in [1.54, 1.807) is 0 Å². The van der Waals surface area contributed by atoms with Gasteiger partial charge in [-0.1, -0.05) is 41.6 Å². The van der Waals surface area contributed by atoms with Gasteiger partial charge in [0.2, 0.25) is 17.6 Å². The molecule has 7 heteroatoms. The maximum Gasteiger partial charge on any atom is 0.241 e. The number of benzene rings is 2. The topological polar surface area (TPSA) is 74.5 Å². The molecule has 0 aliphatic carbocycles. The molecule has 2 fully saturated rings. The standard InChI is InChI=1S/C29H37N5O2/c1-21-8-4-5-9-26(21)28-31-27(36-32-28)20-33-18-14-24(15-19-33)29(35)30-22(2)23-10-12-25(13-11-23)34-16-6-3-7-17-34/h4-5,8-13,22,24H,3,6-7,14-20H2,1-2H3,(H,30,35). The number of anilines is 1. The van der Waals surface area contributed by atoms with Gasteiger partial charge in [-0.2, -0.15) is 4.98 Å². The summed E-state index contributed by atoms with van der Waals surface area (Å²) < 4.78 is 5.51. The van der Waals surface area contributed by atoms with Gasteiger partial charge >= 0.3 is 0 Å². The third kappa shape index (κ3) is 5.78. The average molecular weight is 488 g/mol. The van der Waals surface area contributed by atoms with Crippen molar-refractivity contribution in [1.29, 1.82) is 0 Å². The summed E-state index contributed by atoms with van der Waals surface area (Å²) in [6, 6.07) is 16.8. The van der Waals surface area contributed by atoms with Crippen LogP contribution in [0.3, 0.4) is 0 Å². The van der Waals surface area contributed by atoms with Crippen LogP contribution in [-0.4, -0.2) is 47.1 Å². The first-order valence-electron chi connectivity index (χ1n) is 13.3. The first kappa shape index (κ1) is 24.5. The number of nitrogens with zero attached hydrogens (tertiary/aromatic N) is 4. The molecule has 36 heavy (non-hydrogen) atoms. The van der Waals surface area contributed by atoms with Gasteiger partial charge in [0.1, 0.15) is 0 Å². The van der Waals surface area contributed by atoms with Crippen LogP contribution in [0.15, 0.2) is 53.1 Å². The lowest BCUT2D eigenvalue weighted by Gasteiger charge is -2.31. The van der Waals surface area contributed by atoms with Crippen LogP contribution in [0, 0.1) is 12.8 Å². The van der Waals surface area contributed by atoms with E-state index in [9.17, 15) is 4.79 Å². The summed E-state index contributed by atoms with van der Waals surface area (Å²) in [5.74, 6) is 1.46. The number of piperidine rings is 2. The SMILES string of the molecule is Cc1ccccc1-c1noc(CN2CCC(C(=O)NC(C)c3ccc(N4CCCCC4)cc3)CC2)n1. The van der Waals surface area contributed by atoms with Crippen molar-refractivity contribution in [3.05, 3.63) is 65.5 Å². The van der Waals surface area contributed by atoms with Gasteiger partial charge in [-0.3, -0.25) is 9.69 Å². The highest BCUT2D eigenvalue weighted by atomic mass is 16.5. The lowest BCUT2D eigenvalue weighted by Crippen LogP contribution is -2.41. The van der Waals surface area contributed by atoms with Crippen LogP contribution in [0.4, 0.5) is 5.69 Å². The maximum absolute atomic E-state index is 13.0. The van der Waals surface area contributed by atoms with Crippen molar-refractivity contribution in [2.45, 2.75) is 58.5 Å². The van der Waals surface area contributed by atoms with E-state index in [1.165, 1.54) is 24.9 Å². The number of carbonyl (C=O) groups is 1. The molecule has 1 amide bonds. The van der Waals surface area contributed by atoms with Gasteiger partial charge in [0.05, 0.1) is 12.6 Å². The van der Waals surface area contributed by atoms with Crippen molar-refractivity contribution in [2.24, 2.45) is 5.92 Å². The summed E-state index contributed by atoms with van der Waals surface area (Å²) in [7, 11) is 0. The monoisotopic (exact) mass is 487 g/mol. The van der Waals surface area contributed by atoms with E-state index >= 15 is 0 Å². The minimum Gasteiger partial charge on any atom is -0.372 e. The lowest BCUT2D eigenvalue weighted by atomic mass is 9.95. The van der Waals surface area contributed by atoms with Gasteiger partial charge in [-0.25, -0.2) is 0 Å². The number of nitrogens with one attached hydrogen (secondary N) is 1. The summed E-state index contributed by atoms with van der Waals surface area (Å²) in [6.07, 6.45) is 5.56. The molecular formula is C29H37N5O2. The Kier molecular flexibility index (Phi) is 7.66. The van der Waals surface area contributed by atoms with Crippen LogP contribution in [0.1, 0.15) is 62.1 Å². The number of amides is 1. The molecule has 0 spiro atoms. The average Bonchev–Trinajstić information content (AvgIpc) is 3.38. The highest BCUT2D eigenvalue weighted by Crippen LogP contribution is 2.25. The molecule has 2 saturated heterocycles. The molecule has 1 unspecified atom stereocenters. The molecule has 1 N–H and O–H groups in total. The summed E-state index contributed by atoms with van der Waals surface area (Å²) in [5, 5.41) is 7.41. The van der Waals surface area contributed by atoms with Gasteiger partial charge in [0.25, 0.3) is 0 Å². The van der Waals surface area contributed by atoms with Gasteiger partial charge in [0, 0.05) is 30.3 Å². The van der Waals surface area contributed by atoms with E-state index in [0.29, 0.717) is 18.3 Å². The Hall–Kier alpha value is -3.19. The van der Waals surface area contributed by atoms with Gasteiger partial charge < -0.3 is 14.7 Å². The molecular weight excluding hydrogens is 450 g/mol. The van der Waals surface area contributed by atoms with E-state index in [2.05, 4.69) is 56.4 Å². The molecule has 7 nitrogen and oxygen atoms in total. The summed E-state index contributed by atoms with van der Waals surface area (Å²) in [6.45, 7) is 8.72. The van der Waals surface area contributed by atoms with E-state index < -0.39 is 0 Å². The number of aryl methyl sites for hydroxylation is 1. The van der Waals surface area contributed by atoms with E-state index in [1.807, 2.05) is 31.2 Å². The molecule has 0 bridgehead atoms. The quantitative estimate of drug-likeness (QED) is 0.498. The second-order valence-corrected chi connectivity index (χ2v) is 10.2. The Balaban J connectivity index is 1.09. The molecule has 0 saturated carbocycles. The van der Waals surface area contributed by atoms with Crippen molar-refractivity contribution in [1.82, 2.24) is 20.4 Å². The van der Waals surface area contributed by atoms with Crippen molar-refractivity contribution >= 4 is 11.6 Å². The summed E-state index contributed by atoms with van der Waals surface area (Å²) in [4.78, 5) is 22.3. The first-order valence-corrected chi connectivity index (χ1v) is 13.3. The van der Waals surface area contributed by atoms with Crippen LogP contribution in [-0.2, 0) is 11.3 Å². The molecule has 5 rings (SSSR count). The van der Waals surface area contributed by atoms with Gasteiger partial charge in [-0.15, -0.1) is 0 Å². The highest BCUT2D eigenvalue weighted by molar-refractivity contribution is 5.79. The largest absolute Gasteiger partial charge is 0.372 e. The van der Waals surface area contributed by atoms with Crippen molar-refractivity contribution < 1.29 is 9.32 Å². The minimum absolute atomic E-state index is 0.00388. The van der Waals surface area contributed by atoms with Gasteiger partial charge in [0.15, 0.2) is 0 Å². The number of rotatable bonds is 7. The third-order valence-corrected chi connectivity index (χ3v) is 7.64. The van der Waals surface area contributed by atoms with Crippen LogP contribution in [0.2, 0.25) is 0 Å². The van der Waals surface area contributed by atoms with Crippen molar-refractivity contribution in [2.75, 3.05) is 31.1 Å². The zero-order valence-corrected chi connectivity index (χ0v) is 21.4. The lowest BCUT2D eigenvalue weighted by molar-refractivity contribution is -0.127. The number of hydrogen-bond acceptors (Lipinski definition) is 6. The predicted octanol–water partition coefficient (Wildman–Crippen LogP) is 5.12. The fourth-order valence-electron chi connectivity index (χ4n) is 5.34. The van der Waals surface area contributed by atoms with E-state index in [0.717, 1.165) is 55.7 Å². The molecule has 1 atom stereocenters. The zero-order valence-electron chi connectivity index (χ0n) is 21.4. The fourth-order valence-corrected chi connectivity index (χ4v) is 5.34. The number of aromatic nitrogens is 2. The van der Waals surface area contributed by atoms with Crippen molar-refractivity contribution in [3.63, 3.8) is 0 Å². The number of carbonyl (C=O) groups excluding carboxylic acids is 1. The Morgan fingerprint density at radius 3 is 2.47 bits per heavy atom. The molecule has 0 radical (unpaired) electrons. The number of hydrogen-bond donors (Lipinski definition) is 1. The Bertz CT molecular complexity index is 1140. The molecule has 3 heterocycles. The zero-order chi connectivity index (χ0) is 24.9. The van der Waals surface area contributed by atoms with Gasteiger partial charge in [-0.05, 0) is 82.3 Å². The molecule has 3 aromatic rings. The number of likely N-dealkylation sites (tertiary alicyclic amines) is 1. The fraction of sp³-hybridized carbons (Fsp3) is 0.483. The normalized spacial score (nSPS) is 18.2. The maximum atomic E-state index is 13.0. The Morgan fingerprint density at radius 2 is 1.75 bits per heavy atom. The van der Waals surface area contributed by atoms with E-state index in [-0.39, 0.29) is 17.9 Å². The molecule has 1 aromatic heterocycles. The Morgan fingerprint density at radius 1 is 1.03 bits per heavy atom. The van der Waals surface area contributed by atoms with Crippen LogP contribution in [0.5, 0.6) is 0 Å². The summed E-state index contributed by atoms with van der Waals surface area (Å²) >= 11 is 0.